The van der Waals surface area contributed by atoms with Crippen molar-refractivity contribution < 1.29 is 4.79 Å². The fourth-order valence-corrected chi connectivity index (χ4v) is 2.93. The number of likely N-dealkylation sites (tertiary alicyclic amines) is 1. The van der Waals surface area contributed by atoms with Crippen LogP contribution in [-0.4, -0.2) is 36.1 Å². The van der Waals surface area contributed by atoms with Crippen molar-refractivity contribution in [2.75, 3.05) is 24.7 Å². The molecule has 0 atom stereocenters. The van der Waals surface area contributed by atoms with Gasteiger partial charge in [0.2, 0.25) is 5.91 Å². The minimum Gasteiger partial charge on any atom is -0.339 e. The normalized spacial score (nSPS) is 23.4. The van der Waals surface area contributed by atoms with E-state index in [1.165, 1.54) is 0 Å². The van der Waals surface area contributed by atoms with Crippen LogP contribution in [0.4, 0.5) is 5.69 Å². The van der Waals surface area contributed by atoms with E-state index >= 15 is 0 Å². The van der Waals surface area contributed by atoms with E-state index in [4.69, 9.17) is 7.05 Å². The summed E-state index contributed by atoms with van der Waals surface area (Å²) in [5.74, 6) is 0.138. The van der Waals surface area contributed by atoms with Gasteiger partial charge in [-0.3, -0.25) is 9.69 Å². The van der Waals surface area contributed by atoms with Gasteiger partial charge in [0.15, 0.2) is 0 Å². The Morgan fingerprint density at radius 2 is 1.83 bits per heavy atom. The largest absolute Gasteiger partial charge is 0.339 e. The van der Waals surface area contributed by atoms with Gasteiger partial charge in [-0.05, 0) is 25.0 Å². The molecule has 4 nitrogen and oxygen atoms in total. The molecule has 1 aromatic carbocycles. The summed E-state index contributed by atoms with van der Waals surface area (Å²) < 4.78 is 0. The molecule has 2 aliphatic rings. The first-order valence-corrected chi connectivity index (χ1v) is 6.33. The standard InChI is InChI=1S/C14H17N3O/c1-16-9-7-14(8-10-16)13(18)15-11-17(14)12-5-3-2-4-6-12/h1-6H,7-11H2,(H,15,18). The summed E-state index contributed by atoms with van der Waals surface area (Å²) in [6.45, 7) is 2.11. The SMILES string of the molecule is [CH]N1CCC2(CC1)C(=O)NCN2c1ccccc1. The maximum Gasteiger partial charge on any atom is 0.247 e. The third-order valence-electron chi connectivity index (χ3n) is 4.03. The summed E-state index contributed by atoms with van der Waals surface area (Å²) >= 11 is 0. The number of rotatable bonds is 1. The van der Waals surface area contributed by atoms with E-state index < -0.39 is 5.54 Å². The van der Waals surface area contributed by atoms with E-state index in [0.29, 0.717) is 6.67 Å². The van der Waals surface area contributed by atoms with E-state index in [2.05, 4.69) is 22.3 Å². The van der Waals surface area contributed by atoms with Gasteiger partial charge in [-0.2, -0.15) is 0 Å². The van der Waals surface area contributed by atoms with Crippen LogP contribution in [0.1, 0.15) is 12.8 Å². The predicted octanol–water partition coefficient (Wildman–Crippen LogP) is 1.08. The lowest BCUT2D eigenvalue weighted by atomic mass is 9.86. The number of nitrogens with one attached hydrogen (secondary N) is 1. The molecule has 1 amide bonds. The predicted molar refractivity (Wildman–Crippen MR) is 69.8 cm³/mol. The summed E-state index contributed by atoms with van der Waals surface area (Å²) in [7, 11) is 5.80. The minimum atomic E-state index is -0.406. The zero-order chi connectivity index (χ0) is 12.6. The summed E-state index contributed by atoms with van der Waals surface area (Å²) in [6, 6.07) is 10.1. The van der Waals surface area contributed by atoms with E-state index in [-0.39, 0.29) is 5.91 Å². The molecule has 0 bridgehead atoms. The summed E-state index contributed by atoms with van der Waals surface area (Å²) in [4.78, 5) is 16.2. The molecule has 0 aromatic heterocycles. The third-order valence-corrected chi connectivity index (χ3v) is 4.03. The molecule has 0 unspecified atom stereocenters. The quantitative estimate of drug-likeness (QED) is 0.802. The summed E-state index contributed by atoms with van der Waals surface area (Å²) in [5.41, 5.74) is 0.693. The number of piperidine rings is 1. The average Bonchev–Trinajstić information content (AvgIpc) is 2.72. The van der Waals surface area contributed by atoms with Crippen LogP contribution in [0, 0.1) is 7.05 Å². The number of carbonyl (C=O) groups excluding carboxylic acids is 1. The molecule has 2 heterocycles. The lowest BCUT2D eigenvalue weighted by molar-refractivity contribution is -0.124. The van der Waals surface area contributed by atoms with Crippen LogP contribution in [0.15, 0.2) is 30.3 Å². The fourth-order valence-electron chi connectivity index (χ4n) is 2.93. The van der Waals surface area contributed by atoms with E-state index in [0.717, 1.165) is 31.6 Å². The van der Waals surface area contributed by atoms with Crippen molar-refractivity contribution in [3.05, 3.63) is 37.4 Å². The Bertz CT molecular complexity index is 438. The van der Waals surface area contributed by atoms with Crippen molar-refractivity contribution >= 4 is 11.6 Å². The monoisotopic (exact) mass is 243 g/mol. The first kappa shape index (κ1) is 11.5. The Morgan fingerprint density at radius 3 is 2.50 bits per heavy atom. The van der Waals surface area contributed by atoms with E-state index in [1.54, 1.807) is 4.90 Å². The molecule has 3 rings (SSSR count). The van der Waals surface area contributed by atoms with E-state index in [1.807, 2.05) is 18.2 Å². The van der Waals surface area contributed by atoms with Gasteiger partial charge in [-0.25, -0.2) is 0 Å². The molecular formula is C14H17N3O. The zero-order valence-electron chi connectivity index (χ0n) is 10.3. The molecule has 1 spiro atoms. The highest BCUT2D eigenvalue weighted by Crippen LogP contribution is 2.35. The van der Waals surface area contributed by atoms with Crippen LogP contribution in [0.5, 0.6) is 0 Å². The first-order chi connectivity index (χ1) is 8.72. The Kier molecular flexibility index (Phi) is 2.74. The second-order valence-corrected chi connectivity index (χ2v) is 5.00. The molecule has 1 N–H and O–H groups in total. The molecule has 94 valence electrons. The number of hydrogen-bond donors (Lipinski definition) is 1. The Hall–Kier alpha value is -1.55. The van der Waals surface area contributed by atoms with Crippen LogP contribution in [0.25, 0.3) is 0 Å². The highest BCUT2D eigenvalue weighted by atomic mass is 16.2. The highest BCUT2D eigenvalue weighted by molar-refractivity contribution is 5.93. The number of carbonyl (C=O) groups is 1. The van der Waals surface area contributed by atoms with Crippen molar-refractivity contribution in [3.8, 4) is 0 Å². The third kappa shape index (κ3) is 1.68. The van der Waals surface area contributed by atoms with Gasteiger partial charge in [0.1, 0.15) is 5.54 Å². The van der Waals surface area contributed by atoms with Gasteiger partial charge in [0.05, 0.1) is 6.67 Å². The van der Waals surface area contributed by atoms with Crippen LogP contribution >= 0.6 is 0 Å². The Morgan fingerprint density at radius 1 is 1.17 bits per heavy atom. The Labute approximate surface area is 108 Å². The maximum atomic E-state index is 12.2. The van der Waals surface area contributed by atoms with Crippen molar-refractivity contribution in [2.24, 2.45) is 0 Å². The molecule has 0 saturated carbocycles. The fraction of sp³-hybridized carbons (Fsp3) is 0.429. The Balaban J connectivity index is 1.93. The smallest absolute Gasteiger partial charge is 0.247 e. The second-order valence-electron chi connectivity index (χ2n) is 5.00. The van der Waals surface area contributed by atoms with Crippen LogP contribution in [0.3, 0.4) is 0 Å². The topological polar surface area (TPSA) is 35.6 Å². The van der Waals surface area contributed by atoms with Gasteiger partial charge in [0, 0.05) is 25.8 Å². The van der Waals surface area contributed by atoms with Gasteiger partial charge >= 0.3 is 0 Å². The minimum absolute atomic E-state index is 0.138. The van der Waals surface area contributed by atoms with Gasteiger partial charge in [-0.15, -0.1) is 0 Å². The molecular weight excluding hydrogens is 226 g/mol. The second kappa shape index (κ2) is 4.28. The summed E-state index contributed by atoms with van der Waals surface area (Å²) in [6.07, 6.45) is 1.56. The van der Waals surface area contributed by atoms with Crippen molar-refractivity contribution in [2.45, 2.75) is 18.4 Å². The highest BCUT2D eigenvalue weighted by Gasteiger charge is 2.49. The van der Waals surface area contributed by atoms with Crippen LogP contribution < -0.4 is 10.2 Å². The van der Waals surface area contributed by atoms with Crippen LogP contribution in [0.2, 0.25) is 0 Å². The number of anilines is 1. The molecule has 18 heavy (non-hydrogen) atoms. The molecule has 4 heteroatoms. The molecule has 2 radical (unpaired) electrons. The first-order valence-electron chi connectivity index (χ1n) is 6.33. The number of hydrogen-bond acceptors (Lipinski definition) is 3. The molecule has 2 fully saturated rings. The molecule has 1 aromatic rings. The van der Waals surface area contributed by atoms with Crippen LogP contribution in [-0.2, 0) is 4.79 Å². The molecule has 2 aliphatic heterocycles. The van der Waals surface area contributed by atoms with E-state index in [9.17, 15) is 4.79 Å². The molecule has 0 aliphatic carbocycles. The zero-order valence-corrected chi connectivity index (χ0v) is 10.3. The van der Waals surface area contributed by atoms with Crippen molar-refractivity contribution in [3.63, 3.8) is 0 Å². The maximum absolute atomic E-state index is 12.2. The summed E-state index contributed by atoms with van der Waals surface area (Å²) in [5, 5.41) is 2.97. The van der Waals surface area contributed by atoms with Gasteiger partial charge in [0.25, 0.3) is 0 Å². The number of amides is 1. The van der Waals surface area contributed by atoms with Crippen molar-refractivity contribution in [1.29, 1.82) is 0 Å². The van der Waals surface area contributed by atoms with Gasteiger partial charge < -0.3 is 10.2 Å². The average molecular weight is 243 g/mol. The number of para-hydroxylation sites is 1. The number of nitrogens with zero attached hydrogens (tertiary/aromatic N) is 2. The number of benzene rings is 1. The van der Waals surface area contributed by atoms with Crippen molar-refractivity contribution in [1.82, 2.24) is 10.2 Å². The lowest BCUT2D eigenvalue weighted by Gasteiger charge is -2.42. The lowest BCUT2D eigenvalue weighted by Crippen LogP contribution is -2.55. The van der Waals surface area contributed by atoms with Gasteiger partial charge in [-0.1, -0.05) is 18.2 Å². The molecule has 2 saturated heterocycles.